The summed E-state index contributed by atoms with van der Waals surface area (Å²) in [6.45, 7) is 5.24. The monoisotopic (exact) mass is 323 g/mol. The Morgan fingerprint density at radius 3 is 2.52 bits per heavy atom. The van der Waals surface area contributed by atoms with Crippen molar-refractivity contribution in [1.82, 2.24) is 19.5 Å². The Morgan fingerprint density at radius 1 is 1.17 bits per heavy atom. The number of imidazole rings is 1. The van der Waals surface area contributed by atoms with Gasteiger partial charge in [0.2, 0.25) is 0 Å². The summed E-state index contributed by atoms with van der Waals surface area (Å²) in [6.07, 6.45) is -1.08. The molecular weight excluding hydrogens is 302 g/mol. The number of anilines is 1. The van der Waals surface area contributed by atoms with E-state index in [0.29, 0.717) is 17.0 Å². The summed E-state index contributed by atoms with van der Waals surface area (Å²) in [6, 6.07) is 0. The van der Waals surface area contributed by atoms with Crippen molar-refractivity contribution in [3.63, 3.8) is 0 Å². The highest BCUT2D eigenvalue weighted by atomic mass is 16.6. The minimum atomic E-state index is -1.17. The van der Waals surface area contributed by atoms with Crippen LogP contribution < -0.4 is 4.90 Å². The molecule has 9 nitrogen and oxygen atoms in total. The van der Waals surface area contributed by atoms with Gasteiger partial charge in [-0.1, -0.05) is 0 Å². The molecule has 0 spiro atoms. The molecule has 3 rings (SSSR count). The summed E-state index contributed by atoms with van der Waals surface area (Å²) >= 11 is 0. The first-order valence-electron chi connectivity index (χ1n) is 7.67. The van der Waals surface area contributed by atoms with Crippen LogP contribution in [0.15, 0.2) is 12.7 Å². The summed E-state index contributed by atoms with van der Waals surface area (Å²) in [5.41, 5.74) is 1.12. The lowest BCUT2D eigenvalue weighted by Crippen LogP contribution is -2.33. The van der Waals surface area contributed by atoms with Crippen molar-refractivity contribution < 1.29 is 20.1 Å². The molecule has 4 atom stereocenters. The molecule has 0 amide bonds. The predicted molar refractivity (Wildman–Crippen MR) is 81.9 cm³/mol. The zero-order valence-corrected chi connectivity index (χ0v) is 13.1. The third-order valence-electron chi connectivity index (χ3n) is 4.19. The van der Waals surface area contributed by atoms with Gasteiger partial charge in [-0.25, -0.2) is 15.0 Å². The topological polar surface area (TPSA) is 117 Å². The number of aliphatic hydroxyl groups is 3. The van der Waals surface area contributed by atoms with Crippen LogP contribution in [0.25, 0.3) is 11.2 Å². The molecule has 1 aliphatic heterocycles. The largest absolute Gasteiger partial charge is 0.394 e. The average Bonchev–Trinajstić information content (AvgIpc) is 3.11. The first kappa shape index (κ1) is 16.1. The molecule has 0 bridgehead atoms. The van der Waals surface area contributed by atoms with Gasteiger partial charge in [-0.3, -0.25) is 4.57 Å². The zero-order chi connectivity index (χ0) is 16.6. The molecule has 1 unspecified atom stereocenters. The first-order chi connectivity index (χ1) is 11.1. The fraction of sp³-hybridized carbons (Fsp3) is 0.643. The SMILES string of the molecule is CCN(CC)c1ncnc2c1ncn2C1O[C@@H](CO)[C@H](O)[C@@H]1O. The van der Waals surface area contributed by atoms with Crippen molar-refractivity contribution >= 4 is 17.0 Å². The minimum Gasteiger partial charge on any atom is -0.394 e. The first-order valence-corrected chi connectivity index (χ1v) is 7.67. The van der Waals surface area contributed by atoms with Gasteiger partial charge >= 0.3 is 0 Å². The fourth-order valence-electron chi connectivity index (χ4n) is 2.89. The van der Waals surface area contributed by atoms with Crippen molar-refractivity contribution in [1.29, 1.82) is 0 Å². The van der Waals surface area contributed by atoms with Gasteiger partial charge in [-0.05, 0) is 13.8 Å². The van der Waals surface area contributed by atoms with Gasteiger partial charge in [0.15, 0.2) is 23.2 Å². The molecule has 2 aromatic heterocycles. The third-order valence-corrected chi connectivity index (χ3v) is 4.19. The maximum atomic E-state index is 10.2. The van der Waals surface area contributed by atoms with E-state index in [2.05, 4.69) is 19.9 Å². The van der Waals surface area contributed by atoms with Crippen LogP contribution in [0.3, 0.4) is 0 Å². The van der Waals surface area contributed by atoms with Crippen LogP contribution in [0.2, 0.25) is 0 Å². The molecular formula is C14H21N5O4. The molecule has 0 aliphatic carbocycles. The lowest BCUT2D eigenvalue weighted by molar-refractivity contribution is -0.0511. The summed E-state index contributed by atoms with van der Waals surface area (Å²) in [4.78, 5) is 14.9. The molecule has 0 radical (unpaired) electrons. The molecule has 1 saturated heterocycles. The van der Waals surface area contributed by atoms with E-state index in [4.69, 9.17) is 4.74 Å². The Hall–Kier alpha value is -1.81. The number of hydrogen-bond acceptors (Lipinski definition) is 8. The number of fused-ring (bicyclic) bond motifs is 1. The van der Waals surface area contributed by atoms with Gasteiger partial charge < -0.3 is 25.0 Å². The molecule has 2 aromatic rings. The highest BCUT2D eigenvalue weighted by Gasteiger charge is 2.44. The van der Waals surface area contributed by atoms with E-state index in [9.17, 15) is 15.3 Å². The standard InChI is InChI=1S/C14H21N5O4/c1-3-18(4-2)12-9-13(16-6-15-12)19(7-17-9)14-11(22)10(21)8(5-20)23-14/h6-8,10-11,14,20-22H,3-5H2,1-2H3/t8-,10-,11-,14?/m0/s1. The summed E-state index contributed by atoms with van der Waals surface area (Å²) in [5, 5.41) is 29.3. The van der Waals surface area contributed by atoms with E-state index in [1.165, 1.54) is 12.7 Å². The van der Waals surface area contributed by atoms with Gasteiger partial charge in [0.05, 0.1) is 12.9 Å². The van der Waals surface area contributed by atoms with Crippen molar-refractivity contribution in [2.24, 2.45) is 0 Å². The molecule has 23 heavy (non-hydrogen) atoms. The molecule has 3 N–H and O–H groups in total. The van der Waals surface area contributed by atoms with E-state index >= 15 is 0 Å². The number of ether oxygens (including phenoxy) is 1. The van der Waals surface area contributed by atoms with Gasteiger partial charge in [-0.15, -0.1) is 0 Å². The minimum absolute atomic E-state index is 0.374. The lowest BCUT2D eigenvalue weighted by atomic mass is 10.1. The fourth-order valence-corrected chi connectivity index (χ4v) is 2.89. The molecule has 0 aromatic carbocycles. The van der Waals surface area contributed by atoms with Crippen molar-refractivity contribution in [2.75, 3.05) is 24.6 Å². The average molecular weight is 323 g/mol. The Kier molecular flexibility index (Phi) is 4.44. The maximum Gasteiger partial charge on any atom is 0.167 e. The Labute approximate surface area is 133 Å². The molecule has 126 valence electrons. The summed E-state index contributed by atoms with van der Waals surface area (Å²) in [7, 11) is 0. The lowest BCUT2D eigenvalue weighted by Gasteiger charge is -2.20. The zero-order valence-electron chi connectivity index (χ0n) is 13.1. The number of hydrogen-bond donors (Lipinski definition) is 3. The highest BCUT2D eigenvalue weighted by Crippen LogP contribution is 2.32. The van der Waals surface area contributed by atoms with Gasteiger partial charge in [0, 0.05) is 13.1 Å². The maximum absolute atomic E-state index is 10.2. The van der Waals surface area contributed by atoms with Crippen molar-refractivity contribution in [3.05, 3.63) is 12.7 Å². The van der Waals surface area contributed by atoms with Crippen LogP contribution in [0.4, 0.5) is 5.82 Å². The number of aromatic nitrogens is 4. The van der Waals surface area contributed by atoms with Crippen molar-refractivity contribution in [2.45, 2.75) is 38.4 Å². The Balaban J connectivity index is 2.02. The second kappa shape index (κ2) is 6.36. The van der Waals surface area contributed by atoms with Crippen molar-refractivity contribution in [3.8, 4) is 0 Å². The summed E-state index contributed by atoms with van der Waals surface area (Å²) in [5.74, 6) is 0.713. The molecule has 1 aliphatic rings. The molecule has 1 fully saturated rings. The Bertz CT molecular complexity index is 674. The second-order valence-corrected chi connectivity index (χ2v) is 5.42. The second-order valence-electron chi connectivity index (χ2n) is 5.42. The van der Waals surface area contributed by atoms with Crippen LogP contribution in [0.1, 0.15) is 20.1 Å². The van der Waals surface area contributed by atoms with E-state index in [0.717, 1.165) is 13.1 Å². The Morgan fingerprint density at radius 2 is 1.91 bits per heavy atom. The van der Waals surface area contributed by atoms with E-state index in [-0.39, 0.29) is 6.61 Å². The van der Waals surface area contributed by atoms with E-state index in [1.807, 2.05) is 13.8 Å². The normalized spacial score (nSPS) is 27.7. The van der Waals surface area contributed by atoms with Gasteiger partial charge in [0.25, 0.3) is 0 Å². The van der Waals surface area contributed by atoms with Gasteiger partial charge in [0.1, 0.15) is 24.6 Å². The van der Waals surface area contributed by atoms with Crippen LogP contribution in [0.5, 0.6) is 0 Å². The van der Waals surface area contributed by atoms with Crippen LogP contribution in [0, 0.1) is 0 Å². The van der Waals surface area contributed by atoms with Crippen LogP contribution in [-0.2, 0) is 4.74 Å². The summed E-state index contributed by atoms with van der Waals surface area (Å²) < 4.78 is 7.10. The third kappa shape index (κ3) is 2.55. The predicted octanol–water partition coefficient (Wildman–Crippen LogP) is -0.716. The quantitative estimate of drug-likeness (QED) is 0.660. The van der Waals surface area contributed by atoms with E-state index < -0.39 is 24.5 Å². The van der Waals surface area contributed by atoms with Crippen LogP contribution in [-0.4, -0.2) is 72.8 Å². The smallest absolute Gasteiger partial charge is 0.167 e. The number of aliphatic hydroxyl groups excluding tert-OH is 3. The van der Waals surface area contributed by atoms with Gasteiger partial charge in [-0.2, -0.15) is 0 Å². The molecule has 3 heterocycles. The van der Waals surface area contributed by atoms with Crippen LogP contribution >= 0.6 is 0 Å². The van der Waals surface area contributed by atoms with E-state index in [1.54, 1.807) is 4.57 Å². The highest BCUT2D eigenvalue weighted by molar-refractivity contribution is 5.83. The molecule has 0 saturated carbocycles. The number of nitrogens with zero attached hydrogens (tertiary/aromatic N) is 5. The molecule has 9 heteroatoms. The number of rotatable bonds is 5.